The van der Waals surface area contributed by atoms with Gasteiger partial charge in [-0.3, -0.25) is 4.79 Å². The summed E-state index contributed by atoms with van der Waals surface area (Å²) in [6, 6.07) is 3.69. The first-order chi connectivity index (χ1) is 8.60. The third-order valence-electron chi connectivity index (χ3n) is 2.62. The lowest BCUT2D eigenvalue weighted by molar-refractivity contribution is 0.0827. The highest BCUT2D eigenvalue weighted by Gasteiger charge is 2.10. The number of pyridine rings is 1. The van der Waals surface area contributed by atoms with Crippen molar-refractivity contribution in [2.75, 3.05) is 38.6 Å². The van der Waals surface area contributed by atoms with Gasteiger partial charge in [0.1, 0.15) is 5.82 Å². The molecule has 0 saturated heterocycles. The van der Waals surface area contributed by atoms with E-state index in [9.17, 15) is 4.79 Å². The van der Waals surface area contributed by atoms with Crippen LogP contribution >= 0.6 is 0 Å². The van der Waals surface area contributed by atoms with Gasteiger partial charge in [0.15, 0.2) is 0 Å². The normalized spacial score (nSPS) is 10.2. The van der Waals surface area contributed by atoms with Crippen LogP contribution < -0.4 is 10.6 Å². The molecule has 18 heavy (non-hydrogen) atoms. The fourth-order valence-corrected chi connectivity index (χ4v) is 1.72. The zero-order valence-corrected chi connectivity index (χ0v) is 11.4. The van der Waals surface area contributed by atoms with Gasteiger partial charge in [0.25, 0.3) is 5.91 Å². The van der Waals surface area contributed by atoms with Crippen molar-refractivity contribution in [1.82, 2.24) is 9.88 Å². The molecule has 0 spiro atoms. The van der Waals surface area contributed by atoms with Gasteiger partial charge in [-0.2, -0.15) is 0 Å². The smallest absolute Gasteiger partial charge is 0.254 e. The van der Waals surface area contributed by atoms with E-state index in [-0.39, 0.29) is 5.91 Å². The second-order valence-electron chi connectivity index (χ2n) is 4.38. The predicted molar refractivity (Wildman–Crippen MR) is 73.8 cm³/mol. The van der Waals surface area contributed by atoms with Crippen molar-refractivity contribution < 1.29 is 4.79 Å². The molecule has 0 aliphatic heterocycles. The van der Waals surface area contributed by atoms with Crippen LogP contribution in [-0.4, -0.2) is 49.5 Å². The Bertz CT molecular complexity index is 369. The summed E-state index contributed by atoms with van der Waals surface area (Å²) < 4.78 is 0. The first kappa shape index (κ1) is 14.4. The van der Waals surface area contributed by atoms with Crippen LogP contribution in [0.15, 0.2) is 18.3 Å². The Morgan fingerprint density at radius 2 is 2.06 bits per heavy atom. The van der Waals surface area contributed by atoms with E-state index >= 15 is 0 Å². The molecule has 1 rings (SSSR count). The van der Waals surface area contributed by atoms with E-state index < -0.39 is 0 Å². The molecule has 0 bridgehead atoms. The molecule has 1 aromatic heterocycles. The minimum atomic E-state index is -0.0325. The maximum absolute atomic E-state index is 11.7. The lowest BCUT2D eigenvalue weighted by Gasteiger charge is -2.22. The summed E-state index contributed by atoms with van der Waals surface area (Å²) in [7, 11) is 3.46. The first-order valence-electron chi connectivity index (χ1n) is 6.22. The summed E-state index contributed by atoms with van der Waals surface area (Å²) >= 11 is 0. The van der Waals surface area contributed by atoms with Gasteiger partial charge in [0.2, 0.25) is 0 Å². The third-order valence-corrected chi connectivity index (χ3v) is 2.62. The van der Waals surface area contributed by atoms with E-state index in [2.05, 4.69) is 16.8 Å². The van der Waals surface area contributed by atoms with Crippen LogP contribution in [-0.2, 0) is 0 Å². The molecule has 0 saturated carbocycles. The Labute approximate surface area is 109 Å². The molecule has 5 heteroatoms. The molecule has 1 aromatic rings. The van der Waals surface area contributed by atoms with Gasteiger partial charge >= 0.3 is 0 Å². The Morgan fingerprint density at radius 1 is 1.33 bits per heavy atom. The summed E-state index contributed by atoms with van der Waals surface area (Å²) in [5.74, 6) is 0.840. The zero-order valence-electron chi connectivity index (χ0n) is 11.4. The number of carbonyl (C=O) groups is 1. The number of nitrogens with two attached hydrogens (primary N) is 1. The van der Waals surface area contributed by atoms with Crippen LogP contribution in [0.2, 0.25) is 0 Å². The lowest BCUT2D eigenvalue weighted by Crippen LogP contribution is -2.31. The summed E-state index contributed by atoms with van der Waals surface area (Å²) in [6.07, 6.45) is 2.66. The van der Waals surface area contributed by atoms with Gasteiger partial charge < -0.3 is 15.5 Å². The Balaban J connectivity index is 2.83. The van der Waals surface area contributed by atoms with Crippen molar-refractivity contribution in [3.63, 3.8) is 0 Å². The van der Waals surface area contributed by atoms with E-state index in [0.717, 1.165) is 25.3 Å². The number of aromatic nitrogens is 1. The number of hydrogen-bond donors (Lipinski definition) is 1. The van der Waals surface area contributed by atoms with Crippen molar-refractivity contribution in [3.8, 4) is 0 Å². The molecule has 1 amide bonds. The van der Waals surface area contributed by atoms with Gasteiger partial charge in [0.05, 0.1) is 5.56 Å². The summed E-state index contributed by atoms with van der Waals surface area (Å²) in [5.41, 5.74) is 6.19. The van der Waals surface area contributed by atoms with Crippen LogP contribution in [0.4, 0.5) is 5.82 Å². The van der Waals surface area contributed by atoms with Crippen LogP contribution in [0.3, 0.4) is 0 Å². The molecule has 0 unspecified atom stereocenters. The minimum absolute atomic E-state index is 0.0325. The van der Waals surface area contributed by atoms with Crippen LogP contribution in [0.25, 0.3) is 0 Å². The average Bonchev–Trinajstić information content (AvgIpc) is 2.38. The monoisotopic (exact) mass is 250 g/mol. The van der Waals surface area contributed by atoms with Crippen molar-refractivity contribution in [1.29, 1.82) is 0 Å². The number of hydrogen-bond acceptors (Lipinski definition) is 4. The summed E-state index contributed by atoms with van der Waals surface area (Å²) in [6.45, 7) is 4.42. The predicted octanol–water partition coefficient (Wildman–Crippen LogP) is 0.958. The quantitative estimate of drug-likeness (QED) is 0.817. The molecule has 0 aromatic carbocycles. The highest BCUT2D eigenvalue weighted by atomic mass is 16.2. The second-order valence-corrected chi connectivity index (χ2v) is 4.38. The molecule has 0 aliphatic carbocycles. The van der Waals surface area contributed by atoms with Crippen molar-refractivity contribution >= 4 is 11.7 Å². The van der Waals surface area contributed by atoms with Crippen molar-refractivity contribution in [2.24, 2.45) is 5.73 Å². The molecule has 2 N–H and O–H groups in total. The number of amides is 1. The first-order valence-corrected chi connectivity index (χ1v) is 6.22. The zero-order chi connectivity index (χ0) is 13.5. The Hall–Kier alpha value is -1.62. The number of nitrogens with zero attached hydrogens (tertiary/aromatic N) is 3. The maximum Gasteiger partial charge on any atom is 0.254 e. The van der Waals surface area contributed by atoms with Gasteiger partial charge in [-0.05, 0) is 18.6 Å². The largest absolute Gasteiger partial charge is 0.355 e. The molecule has 0 radical (unpaired) electrons. The van der Waals surface area contributed by atoms with E-state index in [1.54, 1.807) is 25.2 Å². The van der Waals surface area contributed by atoms with Gasteiger partial charge in [-0.15, -0.1) is 0 Å². The van der Waals surface area contributed by atoms with Gasteiger partial charge in [-0.1, -0.05) is 6.92 Å². The molecular formula is C13H22N4O. The summed E-state index contributed by atoms with van der Waals surface area (Å²) in [5, 5.41) is 0. The number of anilines is 1. The van der Waals surface area contributed by atoms with E-state index in [1.807, 2.05) is 12.1 Å². The highest BCUT2D eigenvalue weighted by Crippen LogP contribution is 2.12. The van der Waals surface area contributed by atoms with Crippen LogP contribution in [0, 0.1) is 0 Å². The topological polar surface area (TPSA) is 62.5 Å². The maximum atomic E-state index is 11.7. The van der Waals surface area contributed by atoms with Crippen LogP contribution in [0.5, 0.6) is 0 Å². The standard InChI is InChI=1S/C13H22N4O/c1-4-8-17(9-7-14)12-6-5-11(10-15-12)13(18)16(2)3/h5-6,10H,4,7-9,14H2,1-3H3. The molecular weight excluding hydrogens is 228 g/mol. The van der Waals surface area contributed by atoms with Crippen molar-refractivity contribution in [2.45, 2.75) is 13.3 Å². The number of carbonyl (C=O) groups excluding carboxylic acids is 1. The fourth-order valence-electron chi connectivity index (χ4n) is 1.72. The Kier molecular flexibility index (Phi) is 5.58. The fraction of sp³-hybridized carbons (Fsp3) is 0.538. The molecule has 100 valence electrons. The van der Waals surface area contributed by atoms with Gasteiger partial charge in [0, 0.05) is 39.9 Å². The van der Waals surface area contributed by atoms with E-state index in [0.29, 0.717) is 12.1 Å². The molecule has 0 atom stereocenters. The lowest BCUT2D eigenvalue weighted by atomic mass is 10.2. The van der Waals surface area contributed by atoms with E-state index in [1.165, 1.54) is 0 Å². The van der Waals surface area contributed by atoms with Crippen molar-refractivity contribution in [3.05, 3.63) is 23.9 Å². The third kappa shape index (κ3) is 3.70. The SMILES string of the molecule is CCCN(CCN)c1ccc(C(=O)N(C)C)cn1. The molecule has 1 heterocycles. The molecule has 5 nitrogen and oxygen atoms in total. The Morgan fingerprint density at radius 3 is 2.50 bits per heavy atom. The second kappa shape index (κ2) is 6.96. The van der Waals surface area contributed by atoms with Gasteiger partial charge in [-0.25, -0.2) is 4.98 Å². The molecule has 0 fully saturated rings. The minimum Gasteiger partial charge on any atom is -0.355 e. The highest BCUT2D eigenvalue weighted by molar-refractivity contribution is 5.93. The molecule has 0 aliphatic rings. The van der Waals surface area contributed by atoms with E-state index in [4.69, 9.17) is 5.73 Å². The summed E-state index contributed by atoms with van der Waals surface area (Å²) in [4.78, 5) is 19.7. The average molecular weight is 250 g/mol. The van der Waals surface area contributed by atoms with Crippen LogP contribution in [0.1, 0.15) is 23.7 Å². The number of rotatable bonds is 6.